The lowest BCUT2D eigenvalue weighted by molar-refractivity contribution is 0.385. The zero-order valence-corrected chi connectivity index (χ0v) is 9.83. The molecule has 1 aliphatic carbocycles. The second-order valence-electron chi connectivity index (χ2n) is 4.11. The average molecular weight is 254 g/mol. The summed E-state index contributed by atoms with van der Waals surface area (Å²) in [5.74, 6) is 0.571. The Hall–Kier alpha value is -0.340. The van der Waals surface area contributed by atoms with Crippen LogP contribution in [0.2, 0.25) is 0 Å². The van der Waals surface area contributed by atoms with E-state index in [1.807, 2.05) is 0 Å². The minimum Gasteiger partial charge on any atom is -0.327 e. The van der Waals surface area contributed by atoms with E-state index in [4.69, 9.17) is 5.73 Å². The number of nitrogens with two attached hydrogens (primary N) is 1. The summed E-state index contributed by atoms with van der Waals surface area (Å²) in [6, 6.07) is 8.92. The molecule has 0 aliphatic heterocycles. The molecule has 0 aromatic heterocycles. The molecular formula is C12H16BrN. The predicted molar refractivity (Wildman–Crippen MR) is 63.3 cm³/mol. The van der Waals surface area contributed by atoms with E-state index in [0.717, 1.165) is 4.47 Å². The number of hydrogen-bond acceptors (Lipinski definition) is 1. The van der Waals surface area contributed by atoms with Gasteiger partial charge in [-0.1, -0.05) is 40.9 Å². The Balaban J connectivity index is 2.20. The molecule has 0 amide bonds. The molecule has 2 rings (SSSR count). The summed E-state index contributed by atoms with van der Waals surface area (Å²) >= 11 is 3.51. The molecule has 0 heterocycles. The highest BCUT2D eigenvalue weighted by Crippen LogP contribution is 2.32. The average Bonchev–Trinajstić information content (AvgIpc) is 2.18. The van der Waals surface area contributed by atoms with E-state index in [1.54, 1.807) is 0 Å². The van der Waals surface area contributed by atoms with Crippen LogP contribution in [0.5, 0.6) is 0 Å². The first-order chi connectivity index (χ1) is 6.77. The standard InChI is InChI=1S/C12H16BrN/c13-10-5-3-4-9(8-10)11-6-1-2-7-12(11)14/h3-5,8,11-12H,1-2,6-7,14H2/t11-,12+/m0/s1. The number of hydrogen-bond donors (Lipinski definition) is 1. The summed E-state index contributed by atoms with van der Waals surface area (Å²) in [5, 5.41) is 0. The number of halogens is 1. The molecule has 14 heavy (non-hydrogen) atoms. The van der Waals surface area contributed by atoms with Gasteiger partial charge in [-0.3, -0.25) is 0 Å². The van der Waals surface area contributed by atoms with Gasteiger partial charge in [-0.15, -0.1) is 0 Å². The van der Waals surface area contributed by atoms with Gasteiger partial charge in [-0.05, 0) is 36.5 Å². The lowest BCUT2D eigenvalue weighted by Gasteiger charge is -2.29. The summed E-state index contributed by atoms with van der Waals surface area (Å²) in [7, 11) is 0. The fraction of sp³-hybridized carbons (Fsp3) is 0.500. The van der Waals surface area contributed by atoms with Gasteiger partial charge in [0, 0.05) is 10.5 Å². The van der Waals surface area contributed by atoms with E-state index < -0.39 is 0 Å². The largest absolute Gasteiger partial charge is 0.327 e. The molecule has 2 N–H and O–H groups in total. The molecule has 0 saturated heterocycles. The summed E-state index contributed by atoms with van der Waals surface area (Å²) < 4.78 is 1.16. The molecule has 0 spiro atoms. The Kier molecular flexibility index (Phi) is 3.24. The molecule has 1 aliphatic rings. The van der Waals surface area contributed by atoms with E-state index in [-0.39, 0.29) is 0 Å². The zero-order chi connectivity index (χ0) is 9.97. The molecular weight excluding hydrogens is 238 g/mol. The summed E-state index contributed by atoms with van der Waals surface area (Å²) in [4.78, 5) is 0. The van der Waals surface area contributed by atoms with E-state index in [1.165, 1.54) is 31.2 Å². The van der Waals surface area contributed by atoms with E-state index in [9.17, 15) is 0 Å². The normalized spacial score (nSPS) is 27.6. The lowest BCUT2D eigenvalue weighted by atomic mass is 9.80. The van der Waals surface area contributed by atoms with Gasteiger partial charge >= 0.3 is 0 Å². The van der Waals surface area contributed by atoms with Crippen LogP contribution in [-0.2, 0) is 0 Å². The third kappa shape index (κ3) is 2.18. The molecule has 2 heteroatoms. The maximum Gasteiger partial charge on any atom is 0.0178 e. The third-order valence-corrected chi connectivity index (χ3v) is 3.59. The molecule has 0 bridgehead atoms. The van der Waals surface area contributed by atoms with Gasteiger partial charge in [0.2, 0.25) is 0 Å². The maximum absolute atomic E-state index is 6.15. The van der Waals surface area contributed by atoms with Crippen LogP contribution in [0.25, 0.3) is 0 Å². The molecule has 0 unspecified atom stereocenters. The number of rotatable bonds is 1. The SMILES string of the molecule is N[C@@H]1CCCC[C@H]1c1cccc(Br)c1. The van der Waals surface area contributed by atoms with Crippen LogP contribution in [0, 0.1) is 0 Å². The van der Waals surface area contributed by atoms with Gasteiger partial charge in [-0.25, -0.2) is 0 Å². The zero-order valence-electron chi connectivity index (χ0n) is 8.25. The fourth-order valence-electron chi connectivity index (χ4n) is 2.31. The van der Waals surface area contributed by atoms with Gasteiger partial charge in [0.05, 0.1) is 0 Å². The van der Waals surface area contributed by atoms with Gasteiger partial charge in [0.1, 0.15) is 0 Å². The Labute approximate surface area is 93.8 Å². The van der Waals surface area contributed by atoms with Gasteiger partial charge in [0.25, 0.3) is 0 Å². The van der Waals surface area contributed by atoms with Crippen molar-refractivity contribution < 1.29 is 0 Å². The smallest absolute Gasteiger partial charge is 0.0178 e. The maximum atomic E-state index is 6.15. The topological polar surface area (TPSA) is 26.0 Å². The molecule has 1 nitrogen and oxygen atoms in total. The van der Waals surface area contributed by atoms with E-state index >= 15 is 0 Å². The van der Waals surface area contributed by atoms with Crippen LogP contribution in [0.3, 0.4) is 0 Å². The van der Waals surface area contributed by atoms with Crippen LogP contribution >= 0.6 is 15.9 Å². The molecule has 0 radical (unpaired) electrons. The van der Waals surface area contributed by atoms with E-state index in [2.05, 4.69) is 40.2 Å². The Bertz CT molecular complexity index is 311. The molecule has 1 fully saturated rings. The van der Waals surface area contributed by atoms with Gasteiger partial charge in [0.15, 0.2) is 0 Å². The van der Waals surface area contributed by atoms with Crippen molar-refractivity contribution >= 4 is 15.9 Å². The Morgan fingerprint density at radius 3 is 2.71 bits per heavy atom. The second-order valence-corrected chi connectivity index (χ2v) is 5.03. The van der Waals surface area contributed by atoms with Crippen LogP contribution < -0.4 is 5.73 Å². The molecule has 76 valence electrons. The van der Waals surface area contributed by atoms with Crippen molar-refractivity contribution in [3.63, 3.8) is 0 Å². The van der Waals surface area contributed by atoms with Crippen molar-refractivity contribution in [3.8, 4) is 0 Å². The molecule has 1 aromatic carbocycles. The van der Waals surface area contributed by atoms with E-state index in [0.29, 0.717) is 12.0 Å². The highest BCUT2D eigenvalue weighted by Gasteiger charge is 2.23. The summed E-state index contributed by atoms with van der Waals surface area (Å²) in [6.45, 7) is 0. The highest BCUT2D eigenvalue weighted by atomic mass is 79.9. The van der Waals surface area contributed by atoms with Crippen molar-refractivity contribution in [3.05, 3.63) is 34.3 Å². The highest BCUT2D eigenvalue weighted by molar-refractivity contribution is 9.10. The van der Waals surface area contributed by atoms with Gasteiger partial charge in [-0.2, -0.15) is 0 Å². The summed E-state index contributed by atoms with van der Waals surface area (Å²) in [6.07, 6.45) is 5.05. The fourth-order valence-corrected chi connectivity index (χ4v) is 2.73. The second kappa shape index (κ2) is 4.45. The molecule has 1 aromatic rings. The lowest BCUT2D eigenvalue weighted by Crippen LogP contribution is -2.31. The van der Waals surface area contributed by atoms with Gasteiger partial charge < -0.3 is 5.73 Å². The third-order valence-electron chi connectivity index (χ3n) is 3.10. The first-order valence-corrected chi connectivity index (χ1v) is 6.08. The van der Waals surface area contributed by atoms with Crippen molar-refractivity contribution in [1.29, 1.82) is 0 Å². The van der Waals surface area contributed by atoms with Crippen molar-refractivity contribution in [2.24, 2.45) is 5.73 Å². The monoisotopic (exact) mass is 253 g/mol. The Morgan fingerprint density at radius 1 is 1.21 bits per heavy atom. The van der Waals surface area contributed by atoms with Crippen LogP contribution in [0.4, 0.5) is 0 Å². The minimum absolute atomic E-state index is 0.359. The Morgan fingerprint density at radius 2 is 2.00 bits per heavy atom. The predicted octanol–water partition coefficient (Wildman–Crippen LogP) is 3.43. The summed E-state index contributed by atoms with van der Waals surface area (Å²) in [5.41, 5.74) is 7.54. The van der Waals surface area contributed by atoms with Crippen molar-refractivity contribution in [2.75, 3.05) is 0 Å². The quantitative estimate of drug-likeness (QED) is 0.816. The first kappa shape index (κ1) is 10.2. The molecule has 1 saturated carbocycles. The van der Waals surface area contributed by atoms with Crippen LogP contribution in [0.15, 0.2) is 28.7 Å². The van der Waals surface area contributed by atoms with Crippen LogP contribution in [-0.4, -0.2) is 6.04 Å². The minimum atomic E-state index is 0.359. The number of benzene rings is 1. The molecule has 2 atom stereocenters. The van der Waals surface area contributed by atoms with Crippen molar-refractivity contribution in [2.45, 2.75) is 37.6 Å². The van der Waals surface area contributed by atoms with Crippen LogP contribution in [0.1, 0.15) is 37.2 Å². The first-order valence-electron chi connectivity index (χ1n) is 5.28. The van der Waals surface area contributed by atoms with Crippen molar-refractivity contribution in [1.82, 2.24) is 0 Å².